The van der Waals surface area contributed by atoms with Crippen LogP contribution in [0, 0.1) is 20.8 Å². The number of hydrogen-bond donors (Lipinski definition) is 1. The third kappa shape index (κ3) is 3.88. The topological polar surface area (TPSA) is 46.5 Å². The van der Waals surface area contributed by atoms with Crippen molar-refractivity contribution in [2.45, 2.75) is 39.7 Å². The predicted molar refractivity (Wildman–Crippen MR) is 136 cm³/mol. The van der Waals surface area contributed by atoms with Crippen molar-refractivity contribution in [1.29, 1.82) is 0 Å². The molecule has 0 aliphatic heterocycles. The number of carboxylic acids is 1. The van der Waals surface area contributed by atoms with Gasteiger partial charge in [-0.15, -0.1) is 0 Å². The maximum Gasteiger partial charge on any atom is 0.304 e. The normalized spacial score (nSPS) is 13.9. The Morgan fingerprint density at radius 3 is 2.24 bits per heavy atom. The van der Waals surface area contributed by atoms with Crippen LogP contribution in [0.25, 0.3) is 22.3 Å². The summed E-state index contributed by atoms with van der Waals surface area (Å²) in [6, 6.07) is 26.9. The molecule has 3 nitrogen and oxygen atoms in total. The quantitative estimate of drug-likeness (QED) is 0.333. The van der Waals surface area contributed by atoms with Gasteiger partial charge in [-0.25, -0.2) is 0 Å². The smallest absolute Gasteiger partial charge is 0.304 e. The van der Waals surface area contributed by atoms with Crippen LogP contribution >= 0.6 is 0 Å². The van der Waals surface area contributed by atoms with Crippen molar-refractivity contribution < 1.29 is 14.6 Å². The third-order valence-corrected chi connectivity index (χ3v) is 7.00. The maximum absolute atomic E-state index is 11.5. The molecule has 0 spiro atoms. The van der Waals surface area contributed by atoms with Gasteiger partial charge in [0.15, 0.2) is 0 Å². The zero-order valence-electron chi connectivity index (χ0n) is 19.8. The van der Waals surface area contributed by atoms with Gasteiger partial charge in [0.05, 0.1) is 6.42 Å². The maximum atomic E-state index is 11.5. The van der Waals surface area contributed by atoms with Gasteiger partial charge in [-0.05, 0) is 88.5 Å². The molecule has 34 heavy (non-hydrogen) atoms. The second-order valence-electron chi connectivity index (χ2n) is 9.13. The molecule has 1 N–H and O–H groups in total. The number of benzene rings is 4. The molecule has 3 heteroatoms. The highest BCUT2D eigenvalue weighted by molar-refractivity contribution is 5.82. The Bertz CT molecular complexity index is 1380. The first-order valence-electron chi connectivity index (χ1n) is 11.7. The summed E-state index contributed by atoms with van der Waals surface area (Å²) >= 11 is 0. The predicted octanol–water partition coefficient (Wildman–Crippen LogP) is 7.44. The van der Waals surface area contributed by atoms with Gasteiger partial charge in [-0.3, -0.25) is 4.79 Å². The summed E-state index contributed by atoms with van der Waals surface area (Å²) in [6.07, 6.45) is 0.0918. The van der Waals surface area contributed by atoms with E-state index in [1.807, 2.05) is 30.3 Å². The average molecular weight is 449 g/mol. The van der Waals surface area contributed by atoms with E-state index in [1.165, 1.54) is 27.8 Å². The Balaban J connectivity index is 1.44. The Hall–Kier alpha value is -3.85. The van der Waals surface area contributed by atoms with Crippen LogP contribution < -0.4 is 4.74 Å². The first-order valence-corrected chi connectivity index (χ1v) is 11.7. The fraction of sp³-hybridized carbons (Fsp3) is 0.194. The lowest BCUT2D eigenvalue weighted by Crippen LogP contribution is -2.05. The lowest BCUT2D eigenvalue weighted by Gasteiger charge is -2.16. The molecule has 5 rings (SSSR count). The van der Waals surface area contributed by atoms with E-state index >= 15 is 0 Å². The summed E-state index contributed by atoms with van der Waals surface area (Å²) in [5.41, 5.74) is 11.8. The molecule has 4 aromatic carbocycles. The van der Waals surface area contributed by atoms with Crippen LogP contribution in [-0.4, -0.2) is 11.1 Å². The van der Waals surface area contributed by atoms with Gasteiger partial charge in [0.25, 0.3) is 0 Å². The summed E-state index contributed by atoms with van der Waals surface area (Å²) in [5.74, 6) is -0.109. The zero-order chi connectivity index (χ0) is 23.8. The molecule has 1 aliphatic rings. The van der Waals surface area contributed by atoms with E-state index in [4.69, 9.17) is 4.74 Å². The lowest BCUT2D eigenvalue weighted by atomic mass is 9.91. The summed E-state index contributed by atoms with van der Waals surface area (Å²) < 4.78 is 6.26. The van der Waals surface area contributed by atoms with Crippen LogP contribution in [-0.2, 0) is 11.4 Å². The van der Waals surface area contributed by atoms with Crippen LogP contribution in [0.4, 0.5) is 0 Å². The molecule has 1 unspecified atom stereocenters. The molecule has 0 fully saturated rings. The number of aliphatic carboxylic acids is 1. The number of carboxylic acid groups (broad SMARTS) is 1. The molecule has 0 saturated carbocycles. The summed E-state index contributed by atoms with van der Waals surface area (Å²) in [5, 5.41) is 9.43. The Labute approximate surface area is 200 Å². The summed E-state index contributed by atoms with van der Waals surface area (Å²) in [7, 11) is 0. The number of aryl methyl sites for hydroxylation is 2. The highest BCUT2D eigenvalue weighted by Gasteiger charge is 2.30. The lowest BCUT2D eigenvalue weighted by molar-refractivity contribution is -0.137. The standard InChI is InChI=1S/C31H28O3/c1-19-8-6-9-20(2)31(19)24-13-7-10-22(21(24)3)18-34-23-14-15-27-28(16-23)25-11-4-5-12-26(25)29(27)17-30(32)33/h4-16,29H,17-18H2,1-3H3,(H,32,33). The molecule has 4 aromatic rings. The van der Waals surface area contributed by atoms with Gasteiger partial charge in [0, 0.05) is 5.92 Å². The molecule has 0 heterocycles. The van der Waals surface area contributed by atoms with Crippen molar-refractivity contribution >= 4 is 5.97 Å². The van der Waals surface area contributed by atoms with Crippen molar-refractivity contribution in [3.05, 3.63) is 112 Å². The van der Waals surface area contributed by atoms with Gasteiger partial charge in [-0.2, -0.15) is 0 Å². The van der Waals surface area contributed by atoms with Crippen molar-refractivity contribution in [3.8, 4) is 28.0 Å². The minimum atomic E-state index is -0.785. The number of hydrogen-bond acceptors (Lipinski definition) is 2. The first-order chi connectivity index (χ1) is 16.4. The van der Waals surface area contributed by atoms with Gasteiger partial charge >= 0.3 is 5.97 Å². The molecule has 0 radical (unpaired) electrons. The molecule has 1 atom stereocenters. The Morgan fingerprint density at radius 2 is 1.47 bits per heavy atom. The minimum Gasteiger partial charge on any atom is -0.489 e. The molecule has 0 saturated heterocycles. The second kappa shape index (κ2) is 8.83. The van der Waals surface area contributed by atoms with Gasteiger partial charge < -0.3 is 9.84 Å². The van der Waals surface area contributed by atoms with Gasteiger partial charge in [0.2, 0.25) is 0 Å². The zero-order valence-corrected chi connectivity index (χ0v) is 19.8. The molecular weight excluding hydrogens is 420 g/mol. The fourth-order valence-electron chi connectivity index (χ4n) is 5.28. The van der Waals surface area contributed by atoms with Crippen LogP contribution in [0.5, 0.6) is 5.75 Å². The van der Waals surface area contributed by atoms with Crippen molar-refractivity contribution in [3.63, 3.8) is 0 Å². The van der Waals surface area contributed by atoms with Gasteiger partial charge in [0.1, 0.15) is 12.4 Å². The van der Waals surface area contributed by atoms with Crippen LogP contribution in [0.2, 0.25) is 0 Å². The van der Waals surface area contributed by atoms with Crippen LogP contribution in [0.15, 0.2) is 78.9 Å². The molecule has 0 bridgehead atoms. The molecule has 1 aliphatic carbocycles. The van der Waals surface area contributed by atoms with E-state index in [9.17, 15) is 9.90 Å². The Kier molecular flexibility index (Phi) is 5.70. The monoisotopic (exact) mass is 448 g/mol. The second-order valence-corrected chi connectivity index (χ2v) is 9.13. The van der Waals surface area contributed by atoms with E-state index < -0.39 is 5.97 Å². The first kappa shape index (κ1) is 22.0. The molecule has 0 amide bonds. The molecular formula is C31H28O3. The van der Waals surface area contributed by atoms with Gasteiger partial charge in [-0.1, -0.05) is 66.7 Å². The summed E-state index contributed by atoms with van der Waals surface area (Å²) in [4.78, 5) is 11.5. The van der Waals surface area contributed by atoms with E-state index in [0.29, 0.717) is 6.61 Å². The summed E-state index contributed by atoms with van der Waals surface area (Å²) in [6.45, 7) is 6.95. The highest BCUT2D eigenvalue weighted by atomic mass is 16.5. The number of rotatable bonds is 6. The number of fused-ring (bicyclic) bond motifs is 3. The van der Waals surface area contributed by atoms with Crippen LogP contribution in [0.1, 0.15) is 45.7 Å². The van der Waals surface area contributed by atoms with Crippen LogP contribution in [0.3, 0.4) is 0 Å². The average Bonchev–Trinajstić information content (AvgIpc) is 3.12. The number of carbonyl (C=O) groups is 1. The Morgan fingerprint density at radius 1 is 0.794 bits per heavy atom. The molecule has 170 valence electrons. The number of ether oxygens (including phenoxy) is 1. The largest absolute Gasteiger partial charge is 0.489 e. The molecule has 0 aromatic heterocycles. The van der Waals surface area contributed by atoms with E-state index in [0.717, 1.165) is 33.6 Å². The van der Waals surface area contributed by atoms with Crippen molar-refractivity contribution in [2.75, 3.05) is 0 Å². The third-order valence-electron chi connectivity index (χ3n) is 7.00. The highest BCUT2D eigenvalue weighted by Crippen LogP contribution is 2.47. The van der Waals surface area contributed by atoms with Crippen molar-refractivity contribution in [1.82, 2.24) is 0 Å². The minimum absolute atomic E-state index is 0.0918. The fourth-order valence-corrected chi connectivity index (χ4v) is 5.28. The van der Waals surface area contributed by atoms with Crippen molar-refractivity contribution in [2.24, 2.45) is 0 Å². The van der Waals surface area contributed by atoms with E-state index in [1.54, 1.807) is 0 Å². The van der Waals surface area contributed by atoms with E-state index in [-0.39, 0.29) is 12.3 Å². The SMILES string of the molecule is Cc1cccc(C)c1-c1cccc(COc2ccc3c(c2)-c2ccccc2C3CC(=O)O)c1C. The van der Waals surface area contributed by atoms with E-state index in [2.05, 4.69) is 69.3 Å².